The minimum atomic E-state index is 0. The van der Waals surface area contributed by atoms with Crippen LogP contribution in [0.25, 0.3) is 0 Å². The molecule has 1 nitrogen and oxygen atoms in total. The zero-order chi connectivity index (χ0) is 8.91. The lowest BCUT2D eigenvalue weighted by Crippen LogP contribution is -3.00. The Balaban J connectivity index is 0. The first-order chi connectivity index (χ1) is 5.06. The number of rotatable bonds is 3. The van der Waals surface area contributed by atoms with Crippen LogP contribution in [0.1, 0.15) is 27.7 Å². The van der Waals surface area contributed by atoms with Crippen LogP contribution in [0, 0.1) is 0 Å². The van der Waals surface area contributed by atoms with Gasteiger partial charge in [-0.05, 0) is 39.8 Å². The quantitative estimate of drug-likeness (QED) is 0.545. The Morgan fingerprint density at radius 2 is 1.33 bits per heavy atom. The summed E-state index contributed by atoms with van der Waals surface area (Å²) in [5, 5.41) is 0. The summed E-state index contributed by atoms with van der Waals surface area (Å²) < 4.78 is 0.882. The third kappa shape index (κ3) is 3.93. The molecule has 0 amide bonds. The van der Waals surface area contributed by atoms with Crippen LogP contribution >= 0.6 is 0 Å². The van der Waals surface area contributed by atoms with Gasteiger partial charge in [-0.25, -0.2) is 0 Å². The Hall–Kier alpha value is -0.270. The fraction of sp³-hybridized carbons (Fsp3) is 0.600. The lowest BCUT2D eigenvalue weighted by molar-refractivity contribution is -0.830. The molecule has 0 unspecified atom stereocenters. The normalized spacial score (nSPS) is 16.8. The fourth-order valence-electron chi connectivity index (χ4n) is 1.04. The summed E-state index contributed by atoms with van der Waals surface area (Å²) in [4.78, 5) is 0. The zero-order valence-electron chi connectivity index (χ0n) is 8.71. The maximum atomic E-state index is 2.22. The third-order valence-electron chi connectivity index (χ3n) is 2.05. The summed E-state index contributed by atoms with van der Waals surface area (Å²) in [6.07, 6.45) is 8.59. The van der Waals surface area contributed by atoms with Crippen LogP contribution in [0.2, 0.25) is 0 Å². The first-order valence-corrected chi connectivity index (χ1v) is 4.20. The van der Waals surface area contributed by atoms with E-state index in [-0.39, 0.29) is 12.4 Å². The van der Waals surface area contributed by atoms with E-state index in [4.69, 9.17) is 0 Å². The molecule has 72 valence electrons. The summed E-state index contributed by atoms with van der Waals surface area (Å²) in [7, 11) is 2.20. The van der Waals surface area contributed by atoms with E-state index < -0.39 is 0 Å². The van der Waals surface area contributed by atoms with Crippen LogP contribution in [-0.2, 0) is 0 Å². The number of nitrogens with zero attached hydrogens (tertiary/aromatic N) is 1. The topological polar surface area (TPSA) is 0 Å². The van der Waals surface area contributed by atoms with Gasteiger partial charge < -0.3 is 12.4 Å². The van der Waals surface area contributed by atoms with Gasteiger partial charge in [0.25, 0.3) is 0 Å². The second-order valence-corrected chi connectivity index (χ2v) is 3.28. The Labute approximate surface area is 82.8 Å². The lowest BCUT2D eigenvalue weighted by Gasteiger charge is -2.30. The minimum Gasteiger partial charge on any atom is -1.00 e. The van der Waals surface area contributed by atoms with Gasteiger partial charge in [0.1, 0.15) is 0 Å². The first kappa shape index (κ1) is 14.3. The van der Waals surface area contributed by atoms with Gasteiger partial charge in [0.05, 0.1) is 25.5 Å². The van der Waals surface area contributed by atoms with Crippen LogP contribution in [0.5, 0.6) is 0 Å². The maximum Gasteiger partial charge on any atom is 0.0961 e. The predicted molar refractivity (Wildman–Crippen MR) is 50.9 cm³/mol. The molecule has 2 heteroatoms. The molecule has 0 saturated heterocycles. The molecule has 0 fully saturated rings. The van der Waals surface area contributed by atoms with Gasteiger partial charge in [0.2, 0.25) is 0 Å². The average molecular weight is 190 g/mol. The van der Waals surface area contributed by atoms with Gasteiger partial charge in [-0.1, -0.05) is 0 Å². The molecule has 0 radical (unpaired) electrons. The Morgan fingerprint density at radius 3 is 1.50 bits per heavy atom. The Morgan fingerprint density at radius 1 is 1.00 bits per heavy atom. The second-order valence-electron chi connectivity index (χ2n) is 3.28. The molecule has 0 heterocycles. The van der Waals surface area contributed by atoms with Crippen LogP contribution in [-0.4, -0.2) is 17.6 Å². The first-order valence-electron chi connectivity index (χ1n) is 4.20. The number of hydrogen-bond donors (Lipinski definition) is 0. The van der Waals surface area contributed by atoms with E-state index in [1.54, 1.807) is 0 Å². The lowest BCUT2D eigenvalue weighted by atomic mass is 10.3. The number of quaternary nitrogens is 1. The van der Waals surface area contributed by atoms with Crippen LogP contribution in [0.4, 0.5) is 0 Å². The van der Waals surface area contributed by atoms with E-state index in [2.05, 4.69) is 59.3 Å². The SMILES string of the molecule is CC=C[N+](C)(C=CC)C(C)C.[Cl-]. The summed E-state index contributed by atoms with van der Waals surface area (Å²) >= 11 is 0. The summed E-state index contributed by atoms with van der Waals surface area (Å²) in [5.41, 5.74) is 0. The molecule has 0 aromatic rings. The van der Waals surface area contributed by atoms with E-state index in [1.165, 1.54) is 0 Å². The van der Waals surface area contributed by atoms with Gasteiger partial charge in [0.15, 0.2) is 0 Å². The highest BCUT2D eigenvalue weighted by Gasteiger charge is 2.18. The van der Waals surface area contributed by atoms with Crippen molar-refractivity contribution in [2.75, 3.05) is 7.05 Å². The van der Waals surface area contributed by atoms with Crippen molar-refractivity contribution >= 4 is 0 Å². The third-order valence-corrected chi connectivity index (χ3v) is 2.05. The molecule has 0 bridgehead atoms. The molecule has 0 N–H and O–H groups in total. The standard InChI is InChI=1S/C10H20N.ClH/c1-6-8-11(5,9-7-2)10(3)4;/h6-10H,1-5H3;1H/q+1;/p-1. The average Bonchev–Trinajstić information content (AvgIpc) is 1.88. The Kier molecular flexibility index (Phi) is 7.45. The molecule has 0 aromatic carbocycles. The molecule has 0 aliphatic rings. The molecule has 0 aliphatic heterocycles. The smallest absolute Gasteiger partial charge is 0.0961 e. The van der Waals surface area contributed by atoms with E-state index in [0.29, 0.717) is 6.04 Å². The molecule has 0 atom stereocenters. The van der Waals surface area contributed by atoms with Gasteiger partial charge in [-0.3, -0.25) is 4.48 Å². The van der Waals surface area contributed by atoms with Crippen molar-refractivity contribution in [3.8, 4) is 0 Å². The molecular formula is C10H20ClN. The molecule has 0 saturated carbocycles. The van der Waals surface area contributed by atoms with Crippen molar-refractivity contribution < 1.29 is 16.9 Å². The van der Waals surface area contributed by atoms with E-state index in [9.17, 15) is 0 Å². The van der Waals surface area contributed by atoms with Crippen molar-refractivity contribution in [1.29, 1.82) is 0 Å². The second kappa shape index (κ2) is 6.27. The molecule has 0 spiro atoms. The highest BCUT2D eigenvalue weighted by Crippen LogP contribution is 2.11. The van der Waals surface area contributed by atoms with Crippen LogP contribution < -0.4 is 12.4 Å². The van der Waals surface area contributed by atoms with Crippen molar-refractivity contribution in [3.05, 3.63) is 24.6 Å². The maximum absolute atomic E-state index is 2.22. The van der Waals surface area contributed by atoms with Crippen LogP contribution in [0.3, 0.4) is 0 Å². The molecule has 0 rings (SSSR count). The molecule has 0 aromatic heterocycles. The molecule has 12 heavy (non-hydrogen) atoms. The van der Waals surface area contributed by atoms with Gasteiger partial charge in [0, 0.05) is 0 Å². The largest absolute Gasteiger partial charge is 1.00 e. The van der Waals surface area contributed by atoms with Crippen molar-refractivity contribution in [1.82, 2.24) is 0 Å². The van der Waals surface area contributed by atoms with E-state index >= 15 is 0 Å². The number of allylic oxidation sites excluding steroid dienone is 2. The summed E-state index contributed by atoms with van der Waals surface area (Å²) in [6, 6.07) is 0.599. The summed E-state index contributed by atoms with van der Waals surface area (Å²) in [6.45, 7) is 8.56. The van der Waals surface area contributed by atoms with Crippen LogP contribution in [0.15, 0.2) is 24.6 Å². The monoisotopic (exact) mass is 189 g/mol. The highest BCUT2D eigenvalue weighted by molar-refractivity contribution is 4.77. The Bertz CT molecular complexity index is 147. The predicted octanol–water partition coefficient (Wildman–Crippen LogP) is -0.0874. The minimum absolute atomic E-state index is 0. The van der Waals surface area contributed by atoms with Gasteiger partial charge >= 0.3 is 0 Å². The molecule has 0 aliphatic carbocycles. The number of hydrogen-bond acceptors (Lipinski definition) is 0. The van der Waals surface area contributed by atoms with E-state index in [0.717, 1.165) is 4.48 Å². The summed E-state index contributed by atoms with van der Waals surface area (Å²) in [5.74, 6) is 0. The highest BCUT2D eigenvalue weighted by atomic mass is 35.5. The fourth-order valence-corrected chi connectivity index (χ4v) is 1.04. The van der Waals surface area contributed by atoms with E-state index in [1.807, 2.05) is 0 Å². The zero-order valence-corrected chi connectivity index (χ0v) is 9.47. The van der Waals surface area contributed by atoms with Crippen molar-refractivity contribution in [2.45, 2.75) is 33.7 Å². The number of halogens is 1. The molecular weight excluding hydrogens is 170 g/mol. The van der Waals surface area contributed by atoms with Gasteiger partial charge in [-0.2, -0.15) is 0 Å². The van der Waals surface area contributed by atoms with Gasteiger partial charge in [-0.15, -0.1) is 0 Å². The van der Waals surface area contributed by atoms with Crippen molar-refractivity contribution in [3.63, 3.8) is 0 Å². The van der Waals surface area contributed by atoms with Crippen molar-refractivity contribution in [2.24, 2.45) is 0 Å².